The fraction of sp³-hybridized carbons (Fsp3) is 0.264. The number of furan rings is 1. The summed E-state index contributed by atoms with van der Waals surface area (Å²) in [4.78, 5) is 14.7. The van der Waals surface area contributed by atoms with Gasteiger partial charge in [-0.1, -0.05) is 126 Å². The second kappa shape index (κ2) is 17.4. The monoisotopic (exact) mass is 983 g/mol. The van der Waals surface area contributed by atoms with E-state index in [0.717, 1.165) is 62.1 Å². The first-order valence-electron chi connectivity index (χ1n) is 21.0. The molecule has 4 heterocycles. The average molecular weight is 983 g/mol. The maximum Gasteiger partial charge on any atom is 0.216 e. The Kier molecular flexibility index (Phi) is 12.5. The van der Waals surface area contributed by atoms with E-state index in [2.05, 4.69) is 173 Å². The van der Waals surface area contributed by atoms with Gasteiger partial charge in [-0.2, -0.15) is 0 Å². The quantitative estimate of drug-likeness (QED) is 0.112. The van der Waals surface area contributed by atoms with Gasteiger partial charge in [0.25, 0.3) is 0 Å². The molecule has 9 aromatic rings. The van der Waals surface area contributed by atoms with Crippen molar-refractivity contribution in [3.63, 3.8) is 0 Å². The molecule has 0 N–H and O–H groups in total. The van der Waals surface area contributed by atoms with E-state index in [-0.39, 0.29) is 20.1 Å². The molecule has 0 aliphatic carbocycles. The Morgan fingerprint density at radius 3 is 2.07 bits per heavy atom. The van der Waals surface area contributed by atoms with Gasteiger partial charge in [-0.3, -0.25) is 4.98 Å². The van der Waals surface area contributed by atoms with Crippen LogP contribution < -0.4 is 5.19 Å². The number of benzene rings is 5. The third-order valence-corrected chi connectivity index (χ3v) is 13.2. The third-order valence-electron chi connectivity index (χ3n) is 11.2. The Morgan fingerprint density at radius 1 is 0.717 bits per heavy atom. The van der Waals surface area contributed by atoms with Crippen LogP contribution in [0, 0.1) is 25.0 Å². The average Bonchev–Trinajstić information content (AvgIpc) is 3.76. The van der Waals surface area contributed by atoms with Crippen molar-refractivity contribution in [1.29, 1.82) is 0 Å². The smallest absolute Gasteiger partial charge is 0.216 e. The fourth-order valence-electron chi connectivity index (χ4n) is 8.29. The van der Waals surface area contributed by atoms with Gasteiger partial charge in [-0.15, -0.1) is 54.1 Å². The molecule has 0 amide bonds. The standard InChI is InChI=1S/C35H30N3O.C18H24NSi.Ir/c1-20(2)25-12-8-13-26(21(3)4)32(25)38-31-19-24-11-7-6-10-23(24)18-30(31)37-34(38)29-15-9-14-27-28-17-16-22(5)36-35(28)39-33(27)29;1-14(2)11-16-12-17(15-9-7-6-8-10-15)19-13-18(16)20(3,4)5;/h6-14,16-21H,1-5H3;6-9,12-14H,11H2,1-5H3;/q2*-1;. The molecule has 1 radical (unpaired) electrons. The van der Waals surface area contributed by atoms with Crippen molar-refractivity contribution < 1.29 is 24.5 Å². The molecule has 0 saturated heterocycles. The molecule has 0 aliphatic heterocycles. The summed E-state index contributed by atoms with van der Waals surface area (Å²) >= 11 is 0. The largest absolute Gasteiger partial charge is 0.486 e. The number of para-hydroxylation sites is 1. The molecular weight excluding hydrogens is 929 g/mol. The van der Waals surface area contributed by atoms with E-state index < -0.39 is 8.07 Å². The first kappa shape index (κ1) is 42.9. The van der Waals surface area contributed by atoms with Crippen LogP contribution in [0.3, 0.4) is 0 Å². The summed E-state index contributed by atoms with van der Waals surface area (Å²) in [5.41, 5.74) is 12.6. The Labute approximate surface area is 369 Å². The number of aromatic nitrogens is 4. The molecular formula is C53H54IrN4OSi-2. The van der Waals surface area contributed by atoms with Gasteiger partial charge in [0.1, 0.15) is 0 Å². The van der Waals surface area contributed by atoms with Crippen molar-refractivity contribution in [3.05, 3.63) is 150 Å². The van der Waals surface area contributed by atoms with Crippen LogP contribution >= 0.6 is 0 Å². The van der Waals surface area contributed by atoms with Crippen molar-refractivity contribution in [2.75, 3.05) is 0 Å². The Morgan fingerprint density at radius 2 is 1.42 bits per heavy atom. The first-order chi connectivity index (χ1) is 28.3. The van der Waals surface area contributed by atoms with Gasteiger partial charge in [0.05, 0.1) is 30.5 Å². The topological polar surface area (TPSA) is 56.7 Å². The maximum absolute atomic E-state index is 6.44. The van der Waals surface area contributed by atoms with Crippen molar-refractivity contribution in [2.24, 2.45) is 5.92 Å². The van der Waals surface area contributed by atoms with Crippen LogP contribution in [0.25, 0.3) is 72.2 Å². The van der Waals surface area contributed by atoms with Crippen LogP contribution in [-0.4, -0.2) is 27.6 Å². The molecule has 307 valence electrons. The molecule has 5 nitrogen and oxygen atoms in total. The van der Waals surface area contributed by atoms with Crippen LogP contribution in [0.2, 0.25) is 19.6 Å². The number of rotatable bonds is 8. The van der Waals surface area contributed by atoms with Gasteiger partial charge in [0.2, 0.25) is 5.71 Å². The maximum atomic E-state index is 6.44. The van der Waals surface area contributed by atoms with Crippen molar-refractivity contribution in [3.8, 4) is 28.3 Å². The minimum absolute atomic E-state index is 0. The molecule has 0 fully saturated rings. The summed E-state index contributed by atoms with van der Waals surface area (Å²) in [6.45, 7) is 22.8. The summed E-state index contributed by atoms with van der Waals surface area (Å²) < 4.78 is 8.79. The van der Waals surface area contributed by atoms with Crippen LogP contribution in [-0.2, 0) is 26.5 Å². The van der Waals surface area contributed by atoms with E-state index in [9.17, 15) is 0 Å². The number of hydrogen-bond acceptors (Lipinski definition) is 4. The summed E-state index contributed by atoms with van der Waals surface area (Å²) in [6, 6.07) is 44.9. The van der Waals surface area contributed by atoms with Crippen LogP contribution in [0.1, 0.15) is 75.8 Å². The van der Waals surface area contributed by atoms with E-state index in [1.165, 1.54) is 38.3 Å². The summed E-state index contributed by atoms with van der Waals surface area (Å²) in [7, 11) is -1.34. The third kappa shape index (κ3) is 8.41. The minimum Gasteiger partial charge on any atom is -0.486 e. The molecule has 7 heteroatoms. The summed E-state index contributed by atoms with van der Waals surface area (Å²) in [5, 5.41) is 5.89. The van der Waals surface area contributed by atoms with E-state index in [1.807, 2.05) is 37.3 Å². The Bertz CT molecular complexity index is 2930. The molecule has 5 aromatic carbocycles. The van der Waals surface area contributed by atoms with E-state index >= 15 is 0 Å². The molecule has 0 aliphatic rings. The first-order valence-corrected chi connectivity index (χ1v) is 24.5. The number of nitrogens with zero attached hydrogens (tertiary/aromatic N) is 4. The predicted octanol–water partition coefficient (Wildman–Crippen LogP) is 13.8. The molecule has 9 rings (SSSR count). The normalized spacial score (nSPS) is 11.9. The molecule has 0 spiro atoms. The second-order valence-electron chi connectivity index (χ2n) is 17.9. The minimum atomic E-state index is -1.34. The van der Waals surface area contributed by atoms with Crippen molar-refractivity contribution in [2.45, 2.75) is 86.4 Å². The van der Waals surface area contributed by atoms with E-state index in [4.69, 9.17) is 9.40 Å². The van der Waals surface area contributed by atoms with Crippen LogP contribution in [0.5, 0.6) is 0 Å². The second-order valence-corrected chi connectivity index (χ2v) is 22.9. The zero-order valence-electron chi connectivity index (χ0n) is 36.4. The number of aryl methyl sites for hydroxylation is 1. The number of pyridine rings is 2. The number of imidazole rings is 1. The van der Waals surface area contributed by atoms with Gasteiger partial charge in [-0.05, 0) is 88.1 Å². The molecule has 60 heavy (non-hydrogen) atoms. The predicted molar refractivity (Wildman–Crippen MR) is 251 cm³/mol. The zero-order chi connectivity index (χ0) is 41.6. The number of hydrogen-bond donors (Lipinski definition) is 0. The van der Waals surface area contributed by atoms with Gasteiger partial charge < -0.3 is 14.0 Å². The van der Waals surface area contributed by atoms with Crippen molar-refractivity contribution in [1.82, 2.24) is 19.5 Å². The molecule has 0 saturated carbocycles. The van der Waals surface area contributed by atoms with Gasteiger partial charge in [0.15, 0.2) is 0 Å². The van der Waals surface area contributed by atoms with Gasteiger partial charge in [-0.25, -0.2) is 4.98 Å². The molecule has 0 atom stereocenters. The Balaban J connectivity index is 0.000000220. The number of fused-ring (bicyclic) bond motifs is 5. The zero-order valence-corrected chi connectivity index (χ0v) is 39.8. The SMILES string of the molecule is CC(C)Cc1cc(-c2[c-]cccc2)ncc1[Si](C)(C)C.Cc1ccc2c(n1)oc1c(-c3nc4cc5ccccc5cc4n3-c3c(C(C)C)cccc3C(C)C)[c-]ccc12.[Ir]. The van der Waals surface area contributed by atoms with Crippen molar-refractivity contribution >= 4 is 57.1 Å². The van der Waals surface area contributed by atoms with Crippen LogP contribution in [0.15, 0.2) is 120 Å². The fourth-order valence-corrected chi connectivity index (χ4v) is 9.88. The molecule has 0 bridgehead atoms. The Hall–Kier alpha value is -5.20. The summed E-state index contributed by atoms with van der Waals surface area (Å²) in [5.74, 6) is 2.17. The van der Waals surface area contributed by atoms with Gasteiger partial charge in [0, 0.05) is 43.1 Å². The van der Waals surface area contributed by atoms with E-state index in [1.54, 1.807) is 0 Å². The van der Waals surface area contributed by atoms with Crippen LogP contribution in [0.4, 0.5) is 0 Å². The van der Waals surface area contributed by atoms with E-state index in [0.29, 0.717) is 23.5 Å². The molecule has 4 aromatic heterocycles. The molecule has 0 unspecified atom stereocenters. The summed E-state index contributed by atoms with van der Waals surface area (Å²) in [6.07, 6.45) is 3.24. The van der Waals surface area contributed by atoms with Gasteiger partial charge >= 0.3 is 0 Å².